The van der Waals surface area contributed by atoms with Gasteiger partial charge in [-0.2, -0.15) is 0 Å². The van der Waals surface area contributed by atoms with Gasteiger partial charge < -0.3 is 9.47 Å². The lowest BCUT2D eigenvalue weighted by Crippen LogP contribution is -2.06. The molecule has 0 unspecified atom stereocenters. The van der Waals surface area contributed by atoms with Crippen LogP contribution in [0.3, 0.4) is 0 Å². The Labute approximate surface area is 205 Å². The molecule has 34 heavy (non-hydrogen) atoms. The molecule has 0 aliphatic rings. The molecule has 0 spiro atoms. The van der Waals surface area contributed by atoms with Gasteiger partial charge in [0.25, 0.3) is 0 Å². The van der Waals surface area contributed by atoms with E-state index in [9.17, 15) is 4.39 Å². The molecule has 0 saturated heterocycles. The topological polar surface area (TPSA) is 18.5 Å². The third-order valence-corrected chi connectivity index (χ3v) is 6.32. The molecule has 0 aromatic heterocycles. The Morgan fingerprint density at radius 3 is 1.91 bits per heavy atom. The Morgan fingerprint density at radius 1 is 0.676 bits per heavy atom. The summed E-state index contributed by atoms with van der Waals surface area (Å²) in [5.41, 5.74) is 3.28. The van der Waals surface area contributed by atoms with E-state index >= 15 is 0 Å². The first-order valence-electron chi connectivity index (χ1n) is 12.9. The highest BCUT2D eigenvalue weighted by Gasteiger charge is 2.09. The quantitative estimate of drug-likeness (QED) is 0.222. The monoisotopic (exact) mass is 462 g/mol. The zero-order valence-corrected chi connectivity index (χ0v) is 21.0. The average Bonchev–Trinajstić information content (AvgIpc) is 2.87. The van der Waals surface area contributed by atoms with Gasteiger partial charge in [0.1, 0.15) is 17.3 Å². The van der Waals surface area contributed by atoms with Crippen LogP contribution in [0, 0.1) is 11.7 Å². The summed E-state index contributed by atoms with van der Waals surface area (Å²) in [6, 6.07) is 21.0. The van der Waals surface area contributed by atoms with Gasteiger partial charge in [-0.25, -0.2) is 4.39 Å². The Morgan fingerprint density at radius 2 is 1.26 bits per heavy atom. The molecule has 0 radical (unpaired) electrons. The molecule has 2 nitrogen and oxygen atoms in total. The molecule has 3 heteroatoms. The van der Waals surface area contributed by atoms with Gasteiger partial charge in [-0.05, 0) is 59.4 Å². The van der Waals surface area contributed by atoms with Crippen LogP contribution in [-0.2, 0) is 0 Å². The van der Waals surface area contributed by atoms with Crippen LogP contribution in [0.1, 0.15) is 65.7 Å². The molecule has 0 saturated carbocycles. The number of benzene rings is 3. The molecule has 0 amide bonds. The summed E-state index contributed by atoms with van der Waals surface area (Å²) >= 11 is 0. The largest absolute Gasteiger partial charge is 0.494 e. The standard InChI is InChI=1S/C31H39FO2/c1-4-6-7-8-9-10-21-33-28-16-11-25(12-17-28)27-15-20-30(31(32)22-27)26-13-18-29(19-14-26)34-23-24(3)5-2/h11-20,22,24H,4-10,21,23H2,1-3H3/t24-/m0/s1. The maximum atomic E-state index is 15.0. The van der Waals surface area contributed by atoms with Crippen molar-refractivity contribution in [2.24, 2.45) is 5.92 Å². The van der Waals surface area contributed by atoms with E-state index in [1.807, 2.05) is 60.7 Å². The summed E-state index contributed by atoms with van der Waals surface area (Å²) in [5.74, 6) is 1.98. The number of rotatable bonds is 14. The molecule has 1 atom stereocenters. The number of halogens is 1. The molecule has 0 aliphatic carbocycles. The second-order valence-corrected chi connectivity index (χ2v) is 9.18. The fourth-order valence-electron chi connectivity index (χ4n) is 3.83. The van der Waals surface area contributed by atoms with Gasteiger partial charge in [0.15, 0.2) is 0 Å². The van der Waals surface area contributed by atoms with Crippen LogP contribution in [-0.4, -0.2) is 13.2 Å². The summed E-state index contributed by atoms with van der Waals surface area (Å²) in [6.45, 7) is 8.00. The van der Waals surface area contributed by atoms with Gasteiger partial charge in [-0.3, -0.25) is 0 Å². The van der Waals surface area contributed by atoms with Crippen LogP contribution < -0.4 is 9.47 Å². The maximum Gasteiger partial charge on any atom is 0.131 e. The van der Waals surface area contributed by atoms with Gasteiger partial charge in [0, 0.05) is 5.56 Å². The predicted molar refractivity (Wildman–Crippen MR) is 141 cm³/mol. The molecule has 0 aliphatic heterocycles. The van der Waals surface area contributed by atoms with E-state index in [0.717, 1.165) is 47.6 Å². The first-order chi connectivity index (χ1) is 16.6. The van der Waals surface area contributed by atoms with Crippen LogP contribution in [0.25, 0.3) is 22.3 Å². The third kappa shape index (κ3) is 7.90. The van der Waals surface area contributed by atoms with Crippen molar-refractivity contribution in [3.63, 3.8) is 0 Å². The van der Waals surface area contributed by atoms with Crippen LogP contribution in [0.15, 0.2) is 66.7 Å². The Bertz CT molecular complexity index is 979. The average molecular weight is 463 g/mol. The first kappa shape index (κ1) is 25.8. The van der Waals surface area contributed by atoms with Gasteiger partial charge in [0.05, 0.1) is 13.2 Å². The summed E-state index contributed by atoms with van der Waals surface area (Å²) in [4.78, 5) is 0. The molecular weight excluding hydrogens is 423 g/mol. The van der Waals surface area contributed by atoms with Crippen LogP contribution in [0.5, 0.6) is 11.5 Å². The van der Waals surface area contributed by atoms with Crippen molar-refractivity contribution in [3.05, 3.63) is 72.5 Å². The molecule has 0 bridgehead atoms. The van der Waals surface area contributed by atoms with Crippen molar-refractivity contribution < 1.29 is 13.9 Å². The van der Waals surface area contributed by atoms with Gasteiger partial charge >= 0.3 is 0 Å². The smallest absolute Gasteiger partial charge is 0.131 e. The minimum atomic E-state index is -0.228. The van der Waals surface area contributed by atoms with Gasteiger partial charge in [-0.1, -0.05) is 95.7 Å². The Balaban J connectivity index is 1.55. The second-order valence-electron chi connectivity index (χ2n) is 9.18. The van der Waals surface area contributed by atoms with E-state index in [-0.39, 0.29) is 5.82 Å². The number of hydrogen-bond acceptors (Lipinski definition) is 2. The minimum absolute atomic E-state index is 0.228. The summed E-state index contributed by atoms with van der Waals surface area (Å²) in [6.07, 6.45) is 8.60. The lowest BCUT2D eigenvalue weighted by atomic mass is 9.99. The first-order valence-corrected chi connectivity index (χ1v) is 12.9. The highest BCUT2D eigenvalue weighted by Crippen LogP contribution is 2.30. The normalized spacial score (nSPS) is 11.9. The molecule has 3 rings (SSSR count). The van der Waals surface area contributed by atoms with Crippen LogP contribution >= 0.6 is 0 Å². The fourth-order valence-corrected chi connectivity index (χ4v) is 3.83. The molecule has 182 valence electrons. The number of ether oxygens (including phenoxy) is 2. The van der Waals surface area contributed by atoms with E-state index in [4.69, 9.17) is 9.47 Å². The van der Waals surface area contributed by atoms with Crippen molar-refractivity contribution in [3.8, 4) is 33.8 Å². The summed E-state index contributed by atoms with van der Waals surface area (Å²) in [7, 11) is 0. The van der Waals surface area contributed by atoms with E-state index in [2.05, 4.69) is 20.8 Å². The molecular formula is C31H39FO2. The fraction of sp³-hybridized carbons (Fsp3) is 0.419. The van der Waals surface area contributed by atoms with Crippen molar-refractivity contribution >= 4 is 0 Å². The van der Waals surface area contributed by atoms with E-state index in [1.54, 1.807) is 6.07 Å². The van der Waals surface area contributed by atoms with Crippen molar-refractivity contribution in [1.82, 2.24) is 0 Å². The van der Waals surface area contributed by atoms with Crippen molar-refractivity contribution in [2.45, 2.75) is 65.7 Å². The molecule has 0 heterocycles. The highest BCUT2D eigenvalue weighted by molar-refractivity contribution is 5.71. The highest BCUT2D eigenvalue weighted by atomic mass is 19.1. The maximum absolute atomic E-state index is 15.0. The second kappa shape index (κ2) is 13.8. The molecule has 0 N–H and O–H groups in total. The zero-order valence-electron chi connectivity index (χ0n) is 21.0. The SMILES string of the molecule is CCCCCCCCOc1ccc(-c2ccc(-c3ccc(OC[C@@H](C)CC)cc3)c(F)c2)cc1. The third-order valence-electron chi connectivity index (χ3n) is 6.32. The summed E-state index contributed by atoms with van der Waals surface area (Å²) in [5, 5.41) is 0. The van der Waals surface area contributed by atoms with E-state index in [1.165, 1.54) is 32.1 Å². The zero-order chi connectivity index (χ0) is 24.2. The Hall–Kier alpha value is -2.81. The molecule has 0 fully saturated rings. The minimum Gasteiger partial charge on any atom is -0.494 e. The lowest BCUT2D eigenvalue weighted by molar-refractivity contribution is 0.256. The summed E-state index contributed by atoms with van der Waals surface area (Å²) < 4.78 is 26.6. The van der Waals surface area contributed by atoms with E-state index < -0.39 is 0 Å². The number of hydrogen-bond donors (Lipinski definition) is 0. The van der Waals surface area contributed by atoms with Crippen LogP contribution in [0.2, 0.25) is 0 Å². The van der Waals surface area contributed by atoms with Crippen LogP contribution in [0.4, 0.5) is 4.39 Å². The van der Waals surface area contributed by atoms with Gasteiger partial charge in [-0.15, -0.1) is 0 Å². The number of unbranched alkanes of at least 4 members (excludes halogenated alkanes) is 5. The van der Waals surface area contributed by atoms with Gasteiger partial charge in [0.2, 0.25) is 0 Å². The molecule has 3 aromatic carbocycles. The predicted octanol–water partition coefficient (Wildman–Crippen LogP) is 9.32. The Kier molecular flexibility index (Phi) is 10.5. The van der Waals surface area contributed by atoms with Crippen molar-refractivity contribution in [1.29, 1.82) is 0 Å². The lowest BCUT2D eigenvalue weighted by Gasteiger charge is -2.12. The van der Waals surface area contributed by atoms with Crippen molar-refractivity contribution in [2.75, 3.05) is 13.2 Å². The van der Waals surface area contributed by atoms with E-state index in [0.29, 0.717) is 18.1 Å². The molecule has 3 aromatic rings.